The largest absolute Gasteiger partial charge is 0.478 e. The van der Waals surface area contributed by atoms with Gasteiger partial charge in [-0.1, -0.05) is 12.1 Å². The lowest BCUT2D eigenvalue weighted by Crippen LogP contribution is -2.21. The lowest BCUT2D eigenvalue weighted by atomic mass is 9.83. The van der Waals surface area contributed by atoms with Gasteiger partial charge in [-0.05, 0) is 17.1 Å². The highest BCUT2D eigenvalue weighted by molar-refractivity contribution is 6.46. The zero-order chi connectivity index (χ0) is 10.6. The van der Waals surface area contributed by atoms with E-state index in [1.165, 1.54) is 12.1 Å². The molecular formula is C9H11BO4. The normalized spacial score (nSPS) is 9.86. The molecule has 1 aromatic carbocycles. The first kappa shape index (κ1) is 10.8. The molecule has 0 saturated heterocycles. The lowest BCUT2D eigenvalue weighted by Gasteiger charge is -2.06. The van der Waals surface area contributed by atoms with Crippen molar-refractivity contribution in [1.29, 1.82) is 0 Å². The van der Waals surface area contributed by atoms with Gasteiger partial charge < -0.3 is 14.9 Å². The van der Waals surface area contributed by atoms with Crippen molar-refractivity contribution >= 4 is 18.9 Å². The zero-order valence-corrected chi connectivity index (χ0v) is 7.86. The fourth-order valence-electron chi connectivity index (χ4n) is 1.20. The first-order valence-corrected chi connectivity index (χ1v) is 4.14. The van der Waals surface area contributed by atoms with Crippen LogP contribution in [0.1, 0.15) is 15.9 Å². The van der Waals surface area contributed by atoms with Gasteiger partial charge in [0.05, 0.1) is 12.2 Å². The Bertz CT molecular complexity index is 338. The minimum atomic E-state index is -0.997. The van der Waals surface area contributed by atoms with E-state index in [0.29, 0.717) is 12.1 Å². The summed E-state index contributed by atoms with van der Waals surface area (Å²) in [5, 5.41) is 17.7. The molecule has 0 fully saturated rings. The van der Waals surface area contributed by atoms with Gasteiger partial charge in [0.15, 0.2) is 0 Å². The monoisotopic (exact) mass is 194 g/mol. The van der Waals surface area contributed by atoms with E-state index >= 15 is 0 Å². The number of ether oxygens (including phenoxy) is 1. The number of methoxy groups -OCH3 is 1. The van der Waals surface area contributed by atoms with E-state index in [1.807, 2.05) is 0 Å². The summed E-state index contributed by atoms with van der Waals surface area (Å²) in [6, 6.07) is 4.60. The van der Waals surface area contributed by atoms with E-state index in [9.17, 15) is 4.79 Å². The quantitative estimate of drug-likeness (QED) is 0.634. The maximum Gasteiger partial charge on any atom is 0.335 e. The van der Waals surface area contributed by atoms with Crippen LogP contribution in [0.5, 0.6) is 0 Å². The highest BCUT2D eigenvalue weighted by Gasteiger charge is 2.08. The zero-order valence-electron chi connectivity index (χ0n) is 7.86. The van der Waals surface area contributed by atoms with E-state index in [2.05, 4.69) is 0 Å². The summed E-state index contributed by atoms with van der Waals surface area (Å²) in [6.07, 6.45) is 0. The van der Waals surface area contributed by atoms with Crippen molar-refractivity contribution in [1.82, 2.24) is 0 Å². The number of carboxylic acid groups (broad SMARTS) is 1. The number of hydrogen-bond donors (Lipinski definition) is 2. The van der Waals surface area contributed by atoms with Gasteiger partial charge in [-0.3, -0.25) is 0 Å². The van der Waals surface area contributed by atoms with Crippen LogP contribution < -0.4 is 5.46 Å². The number of carboxylic acids is 1. The third kappa shape index (κ3) is 2.34. The van der Waals surface area contributed by atoms with Gasteiger partial charge >= 0.3 is 13.5 Å². The Hall–Kier alpha value is -1.33. The number of rotatable bonds is 4. The van der Waals surface area contributed by atoms with Gasteiger partial charge in [0.1, 0.15) is 0 Å². The minimum absolute atomic E-state index is 0.175. The van der Waals surface area contributed by atoms with Crippen LogP contribution >= 0.6 is 0 Å². The van der Waals surface area contributed by atoms with Crippen LogP contribution in [0.4, 0.5) is 0 Å². The minimum Gasteiger partial charge on any atom is -0.478 e. The Morgan fingerprint density at radius 2 is 2.29 bits per heavy atom. The molecule has 0 spiro atoms. The second-order valence-electron chi connectivity index (χ2n) is 2.88. The van der Waals surface area contributed by atoms with Crippen molar-refractivity contribution in [2.45, 2.75) is 6.61 Å². The Kier molecular flexibility index (Phi) is 3.68. The molecule has 2 N–H and O–H groups in total. The van der Waals surface area contributed by atoms with Crippen LogP contribution in [0.3, 0.4) is 0 Å². The molecule has 5 heteroatoms. The Balaban J connectivity index is 3.04. The van der Waals surface area contributed by atoms with Crippen LogP contribution in [0.25, 0.3) is 0 Å². The van der Waals surface area contributed by atoms with Crippen LogP contribution in [0.15, 0.2) is 18.2 Å². The molecule has 0 saturated carbocycles. The maximum atomic E-state index is 10.6. The second kappa shape index (κ2) is 4.78. The molecule has 1 rings (SSSR count). The van der Waals surface area contributed by atoms with Gasteiger partial charge in [0.2, 0.25) is 0 Å². The van der Waals surface area contributed by atoms with Crippen LogP contribution in [-0.4, -0.2) is 30.7 Å². The summed E-state index contributed by atoms with van der Waals surface area (Å²) in [7, 11) is 1.37. The Morgan fingerprint density at radius 3 is 2.79 bits per heavy atom. The van der Waals surface area contributed by atoms with Crippen molar-refractivity contribution in [3.8, 4) is 0 Å². The van der Waals surface area contributed by atoms with E-state index in [1.54, 1.807) is 13.2 Å². The van der Waals surface area contributed by atoms with Gasteiger partial charge in [-0.15, -0.1) is 0 Å². The fraction of sp³-hybridized carbons (Fsp3) is 0.222. The lowest BCUT2D eigenvalue weighted by molar-refractivity contribution is 0.0697. The van der Waals surface area contributed by atoms with E-state index in [4.69, 9.17) is 14.9 Å². The predicted molar refractivity (Wildman–Crippen MR) is 53.1 cm³/mol. The number of carbonyl (C=O) groups is 1. The summed E-state index contributed by atoms with van der Waals surface area (Å²) >= 11 is 0. The van der Waals surface area contributed by atoms with Crippen molar-refractivity contribution in [3.05, 3.63) is 29.3 Å². The van der Waals surface area contributed by atoms with Crippen LogP contribution in [0, 0.1) is 0 Å². The molecule has 1 aromatic rings. The van der Waals surface area contributed by atoms with Gasteiger partial charge in [-0.25, -0.2) is 4.79 Å². The van der Waals surface area contributed by atoms with Crippen molar-refractivity contribution < 1.29 is 19.7 Å². The molecule has 0 radical (unpaired) electrons. The molecule has 0 atom stereocenters. The van der Waals surface area contributed by atoms with Crippen molar-refractivity contribution in [2.75, 3.05) is 7.11 Å². The molecule has 0 aromatic heterocycles. The van der Waals surface area contributed by atoms with E-state index in [0.717, 1.165) is 5.56 Å². The van der Waals surface area contributed by atoms with Crippen LogP contribution in [-0.2, 0) is 11.3 Å². The molecule has 0 aliphatic rings. The SMILES string of the molecule is COCc1ccc(C(=O)O)cc1BO. The van der Waals surface area contributed by atoms with Gasteiger partial charge in [-0.2, -0.15) is 0 Å². The highest BCUT2D eigenvalue weighted by Crippen LogP contribution is 2.03. The highest BCUT2D eigenvalue weighted by atomic mass is 16.5. The first-order valence-electron chi connectivity index (χ1n) is 4.14. The molecule has 0 aliphatic carbocycles. The molecule has 0 aliphatic heterocycles. The summed E-state index contributed by atoms with van der Waals surface area (Å²) in [5.74, 6) is -0.997. The van der Waals surface area contributed by atoms with E-state index in [-0.39, 0.29) is 13.0 Å². The van der Waals surface area contributed by atoms with Gasteiger partial charge in [0.25, 0.3) is 0 Å². The fourth-order valence-corrected chi connectivity index (χ4v) is 1.20. The topological polar surface area (TPSA) is 66.8 Å². The molecule has 14 heavy (non-hydrogen) atoms. The average molecular weight is 194 g/mol. The van der Waals surface area contributed by atoms with Crippen molar-refractivity contribution in [3.63, 3.8) is 0 Å². The molecule has 0 bridgehead atoms. The maximum absolute atomic E-state index is 10.6. The Morgan fingerprint density at radius 1 is 1.57 bits per heavy atom. The molecule has 0 amide bonds. The summed E-state index contributed by atoms with van der Waals surface area (Å²) < 4.78 is 4.91. The second-order valence-corrected chi connectivity index (χ2v) is 2.88. The predicted octanol–water partition coefficient (Wildman–Crippen LogP) is -0.500. The number of benzene rings is 1. The Labute approximate surface area is 82.4 Å². The van der Waals surface area contributed by atoms with Gasteiger partial charge in [0, 0.05) is 7.11 Å². The average Bonchev–Trinajstić information content (AvgIpc) is 2.18. The first-order chi connectivity index (χ1) is 6.69. The van der Waals surface area contributed by atoms with Crippen molar-refractivity contribution in [2.24, 2.45) is 0 Å². The summed E-state index contributed by atoms with van der Waals surface area (Å²) in [4.78, 5) is 10.6. The molecular weight excluding hydrogens is 183 g/mol. The number of hydrogen-bond acceptors (Lipinski definition) is 3. The summed E-state index contributed by atoms with van der Waals surface area (Å²) in [5.41, 5.74) is 1.57. The van der Waals surface area contributed by atoms with E-state index < -0.39 is 5.97 Å². The third-order valence-corrected chi connectivity index (χ3v) is 1.92. The smallest absolute Gasteiger partial charge is 0.335 e. The molecule has 0 unspecified atom stereocenters. The molecule has 4 nitrogen and oxygen atoms in total. The standard InChI is InChI=1S/C9H11BO4/c1-14-5-7-3-2-6(9(11)12)4-8(7)10-13/h2-4,10,13H,5H2,1H3,(H,11,12). The number of aromatic carboxylic acids is 1. The van der Waals surface area contributed by atoms with Crippen LogP contribution in [0.2, 0.25) is 0 Å². The third-order valence-electron chi connectivity index (χ3n) is 1.92. The summed E-state index contributed by atoms with van der Waals surface area (Å²) in [6.45, 7) is 0.371. The molecule has 74 valence electrons. The molecule has 0 heterocycles.